The molecule has 1 unspecified atom stereocenters. The van der Waals surface area contributed by atoms with Gasteiger partial charge >= 0.3 is 0 Å². The Morgan fingerprint density at radius 3 is 1.85 bits per heavy atom. The Hall–Kier alpha value is -1.64. The maximum absolute atomic E-state index is 10.4. The second-order valence-corrected chi connectivity index (χ2v) is 5.20. The van der Waals surface area contributed by atoms with E-state index in [0.717, 1.165) is 16.7 Å². The Morgan fingerprint density at radius 1 is 0.850 bits per heavy atom. The molecule has 2 nitrogen and oxygen atoms in total. The van der Waals surface area contributed by atoms with Crippen LogP contribution in [0.4, 0.5) is 0 Å². The first kappa shape index (κ1) is 14.8. The normalized spacial score (nSPS) is 13.2. The van der Waals surface area contributed by atoms with E-state index in [1.165, 1.54) is 0 Å². The van der Waals surface area contributed by atoms with Crippen LogP contribution in [-0.4, -0.2) is 15.8 Å². The van der Waals surface area contributed by atoms with Crippen LogP contribution in [0.2, 0.25) is 0 Å². The molecule has 2 rings (SSSR count). The first-order valence-electron chi connectivity index (χ1n) is 7.16. The van der Waals surface area contributed by atoms with E-state index in [1.54, 1.807) is 0 Å². The summed E-state index contributed by atoms with van der Waals surface area (Å²) in [5.41, 5.74) is 1.97. The van der Waals surface area contributed by atoms with Gasteiger partial charge in [-0.2, -0.15) is 0 Å². The molecule has 2 N–H and O–H groups in total. The number of hydrogen-bond acceptors (Lipinski definition) is 2. The topological polar surface area (TPSA) is 40.5 Å². The molecule has 0 heterocycles. The molecule has 0 aliphatic heterocycles. The molecule has 0 aliphatic rings. The maximum Gasteiger partial charge on any atom is 0.108 e. The zero-order valence-corrected chi connectivity index (χ0v) is 12.1. The molecule has 0 spiro atoms. The summed E-state index contributed by atoms with van der Waals surface area (Å²) in [6.45, 7) is 3.79. The van der Waals surface area contributed by atoms with E-state index < -0.39 is 11.7 Å². The zero-order chi connectivity index (χ0) is 14.6. The molecule has 0 amide bonds. The molecule has 106 valence electrons. The highest BCUT2D eigenvalue weighted by atomic mass is 16.3. The summed E-state index contributed by atoms with van der Waals surface area (Å²) in [4.78, 5) is 0. The standard InChI is InChI=1S/C18H22O2/c1-3-18(20,4-2)17(19)16-12-10-15(11-13-16)14-8-6-5-7-9-14/h5-13,17,19-20H,3-4H2,1-2H3. The van der Waals surface area contributed by atoms with Gasteiger partial charge in [0.2, 0.25) is 0 Å². The van der Waals surface area contributed by atoms with Gasteiger partial charge in [-0.25, -0.2) is 0 Å². The van der Waals surface area contributed by atoms with E-state index in [9.17, 15) is 10.2 Å². The van der Waals surface area contributed by atoms with Crippen molar-refractivity contribution in [2.75, 3.05) is 0 Å². The van der Waals surface area contributed by atoms with Crippen LogP contribution in [0.15, 0.2) is 54.6 Å². The fraction of sp³-hybridized carbons (Fsp3) is 0.333. The monoisotopic (exact) mass is 270 g/mol. The van der Waals surface area contributed by atoms with Crippen molar-refractivity contribution < 1.29 is 10.2 Å². The Morgan fingerprint density at radius 2 is 1.35 bits per heavy atom. The molecule has 2 heteroatoms. The average molecular weight is 270 g/mol. The van der Waals surface area contributed by atoms with Crippen molar-refractivity contribution in [1.82, 2.24) is 0 Å². The smallest absolute Gasteiger partial charge is 0.108 e. The van der Waals surface area contributed by atoms with Crippen molar-refractivity contribution in [3.05, 3.63) is 60.2 Å². The van der Waals surface area contributed by atoms with Gasteiger partial charge in [-0.15, -0.1) is 0 Å². The minimum Gasteiger partial charge on any atom is -0.387 e. The van der Waals surface area contributed by atoms with Crippen LogP contribution in [0, 0.1) is 0 Å². The van der Waals surface area contributed by atoms with Crippen molar-refractivity contribution in [2.45, 2.75) is 38.4 Å². The van der Waals surface area contributed by atoms with Gasteiger partial charge in [-0.05, 0) is 29.5 Å². The Balaban J connectivity index is 2.25. The van der Waals surface area contributed by atoms with E-state index in [2.05, 4.69) is 12.1 Å². The molecule has 0 saturated carbocycles. The van der Waals surface area contributed by atoms with Crippen molar-refractivity contribution in [3.8, 4) is 11.1 Å². The lowest BCUT2D eigenvalue weighted by atomic mass is 9.86. The SMILES string of the molecule is CCC(O)(CC)C(O)c1ccc(-c2ccccc2)cc1. The third-order valence-corrected chi connectivity index (χ3v) is 4.07. The molecule has 0 aliphatic carbocycles. The van der Waals surface area contributed by atoms with Crippen molar-refractivity contribution in [3.63, 3.8) is 0 Å². The minimum atomic E-state index is -1.05. The Labute approximate surface area is 120 Å². The van der Waals surface area contributed by atoms with Gasteiger partial charge in [0.1, 0.15) is 6.10 Å². The molecule has 0 radical (unpaired) electrons. The van der Waals surface area contributed by atoms with E-state index in [-0.39, 0.29) is 0 Å². The number of benzene rings is 2. The van der Waals surface area contributed by atoms with E-state index in [4.69, 9.17) is 0 Å². The van der Waals surface area contributed by atoms with E-state index in [0.29, 0.717) is 12.8 Å². The fourth-order valence-electron chi connectivity index (χ4n) is 2.44. The third-order valence-electron chi connectivity index (χ3n) is 4.07. The lowest BCUT2D eigenvalue weighted by Crippen LogP contribution is -2.34. The van der Waals surface area contributed by atoms with Crippen LogP contribution >= 0.6 is 0 Å². The van der Waals surface area contributed by atoms with Crippen LogP contribution in [-0.2, 0) is 0 Å². The van der Waals surface area contributed by atoms with Gasteiger partial charge in [0.15, 0.2) is 0 Å². The number of hydrogen-bond donors (Lipinski definition) is 2. The summed E-state index contributed by atoms with van der Waals surface area (Å²) in [6.07, 6.45) is 0.221. The molecule has 0 bridgehead atoms. The average Bonchev–Trinajstić information content (AvgIpc) is 2.54. The van der Waals surface area contributed by atoms with Crippen LogP contribution in [0.3, 0.4) is 0 Å². The highest BCUT2D eigenvalue weighted by Gasteiger charge is 2.32. The molecule has 2 aromatic rings. The van der Waals surface area contributed by atoms with Crippen LogP contribution in [0.25, 0.3) is 11.1 Å². The second kappa shape index (κ2) is 6.21. The summed E-state index contributed by atoms with van der Waals surface area (Å²) in [5.74, 6) is 0. The Bertz CT molecular complexity index is 527. The predicted octanol–water partition coefficient (Wildman–Crippen LogP) is 3.94. The van der Waals surface area contributed by atoms with Gasteiger partial charge in [-0.3, -0.25) is 0 Å². The van der Waals surface area contributed by atoms with Gasteiger partial charge < -0.3 is 10.2 Å². The van der Waals surface area contributed by atoms with Crippen LogP contribution < -0.4 is 0 Å². The quantitative estimate of drug-likeness (QED) is 0.864. The summed E-state index contributed by atoms with van der Waals surface area (Å²) in [6, 6.07) is 17.9. The van der Waals surface area contributed by atoms with Crippen LogP contribution in [0.1, 0.15) is 38.4 Å². The van der Waals surface area contributed by atoms with E-state index >= 15 is 0 Å². The Kier molecular flexibility index (Phi) is 4.58. The van der Waals surface area contributed by atoms with Gasteiger partial charge in [0.25, 0.3) is 0 Å². The summed E-state index contributed by atoms with van der Waals surface area (Å²) >= 11 is 0. The van der Waals surface area contributed by atoms with E-state index in [1.807, 2.05) is 56.3 Å². The molecule has 20 heavy (non-hydrogen) atoms. The summed E-state index contributed by atoms with van der Waals surface area (Å²) < 4.78 is 0. The van der Waals surface area contributed by atoms with Crippen LogP contribution in [0.5, 0.6) is 0 Å². The minimum absolute atomic E-state index is 0.533. The van der Waals surface area contributed by atoms with Gasteiger partial charge in [0, 0.05) is 0 Å². The largest absolute Gasteiger partial charge is 0.387 e. The lowest BCUT2D eigenvalue weighted by Gasteiger charge is -2.31. The second-order valence-electron chi connectivity index (χ2n) is 5.20. The first-order chi connectivity index (χ1) is 9.60. The molecular weight excluding hydrogens is 248 g/mol. The lowest BCUT2D eigenvalue weighted by molar-refractivity contribution is -0.0820. The van der Waals surface area contributed by atoms with Gasteiger partial charge in [-0.1, -0.05) is 68.4 Å². The summed E-state index contributed by atoms with van der Waals surface area (Å²) in [5, 5.41) is 20.7. The third kappa shape index (κ3) is 2.92. The number of aliphatic hydroxyl groups is 2. The first-order valence-corrected chi connectivity index (χ1v) is 7.16. The molecule has 1 atom stereocenters. The number of aliphatic hydroxyl groups excluding tert-OH is 1. The van der Waals surface area contributed by atoms with Crippen molar-refractivity contribution >= 4 is 0 Å². The molecular formula is C18H22O2. The highest BCUT2D eigenvalue weighted by molar-refractivity contribution is 5.63. The zero-order valence-electron chi connectivity index (χ0n) is 12.1. The summed E-state index contributed by atoms with van der Waals surface area (Å²) in [7, 11) is 0. The van der Waals surface area contributed by atoms with Gasteiger partial charge in [0.05, 0.1) is 5.60 Å². The molecule has 2 aromatic carbocycles. The molecule has 0 fully saturated rings. The fourth-order valence-corrected chi connectivity index (χ4v) is 2.44. The molecule has 0 saturated heterocycles. The molecule has 0 aromatic heterocycles. The highest BCUT2D eigenvalue weighted by Crippen LogP contribution is 2.32. The number of rotatable bonds is 5. The van der Waals surface area contributed by atoms with Crippen molar-refractivity contribution in [2.24, 2.45) is 0 Å². The predicted molar refractivity (Wildman–Crippen MR) is 82.4 cm³/mol. The maximum atomic E-state index is 10.4. The van der Waals surface area contributed by atoms with Crippen molar-refractivity contribution in [1.29, 1.82) is 0 Å².